The zero-order valence-electron chi connectivity index (χ0n) is 11.7. The van der Waals surface area contributed by atoms with E-state index in [0.29, 0.717) is 6.54 Å². The van der Waals surface area contributed by atoms with Crippen LogP contribution in [0.3, 0.4) is 0 Å². The largest absolute Gasteiger partial charge is 0.340 e. The predicted molar refractivity (Wildman–Crippen MR) is 77.9 cm³/mol. The summed E-state index contributed by atoms with van der Waals surface area (Å²) in [5.41, 5.74) is 9.98. The fourth-order valence-corrected chi connectivity index (χ4v) is 1.93. The van der Waals surface area contributed by atoms with Crippen LogP contribution in [0.25, 0.3) is 0 Å². The van der Waals surface area contributed by atoms with Crippen molar-refractivity contribution < 1.29 is 0 Å². The van der Waals surface area contributed by atoms with Crippen molar-refractivity contribution in [1.82, 2.24) is 9.97 Å². The summed E-state index contributed by atoms with van der Waals surface area (Å²) < 4.78 is 0. The lowest BCUT2D eigenvalue weighted by Gasteiger charge is -2.18. The zero-order valence-corrected chi connectivity index (χ0v) is 11.7. The van der Waals surface area contributed by atoms with E-state index >= 15 is 0 Å². The van der Waals surface area contributed by atoms with Crippen LogP contribution in [-0.4, -0.2) is 17.0 Å². The van der Waals surface area contributed by atoms with E-state index in [-0.39, 0.29) is 0 Å². The fourth-order valence-electron chi connectivity index (χ4n) is 1.93. The second kappa shape index (κ2) is 5.80. The number of rotatable bonds is 4. The van der Waals surface area contributed by atoms with Gasteiger partial charge in [0.2, 0.25) is 5.95 Å². The summed E-state index contributed by atoms with van der Waals surface area (Å²) in [6.45, 7) is 5.28. The van der Waals surface area contributed by atoms with E-state index in [2.05, 4.69) is 41.2 Å². The molecule has 0 spiro atoms. The first kappa shape index (κ1) is 13.5. The van der Waals surface area contributed by atoms with Crippen molar-refractivity contribution in [3.63, 3.8) is 0 Å². The standard InChI is InChI=1S/C15H20N4/c1-11-4-6-13(7-5-11)10-19(3)15-17-12(2)8-14(9-16)18-15/h4-8H,9-10,16H2,1-3H3. The van der Waals surface area contributed by atoms with Gasteiger partial charge in [0.05, 0.1) is 5.69 Å². The van der Waals surface area contributed by atoms with E-state index in [9.17, 15) is 0 Å². The van der Waals surface area contributed by atoms with Crippen LogP contribution in [-0.2, 0) is 13.1 Å². The quantitative estimate of drug-likeness (QED) is 0.911. The molecule has 4 nitrogen and oxygen atoms in total. The molecule has 4 heteroatoms. The van der Waals surface area contributed by atoms with E-state index in [0.717, 1.165) is 23.9 Å². The third-order valence-corrected chi connectivity index (χ3v) is 2.99. The molecule has 19 heavy (non-hydrogen) atoms. The van der Waals surface area contributed by atoms with Crippen molar-refractivity contribution in [3.05, 3.63) is 52.8 Å². The molecular weight excluding hydrogens is 236 g/mol. The maximum Gasteiger partial charge on any atom is 0.225 e. The molecule has 0 saturated heterocycles. The number of nitrogens with zero attached hydrogens (tertiary/aromatic N) is 3. The summed E-state index contributed by atoms with van der Waals surface area (Å²) in [5, 5.41) is 0. The second-order valence-electron chi connectivity index (χ2n) is 4.85. The van der Waals surface area contributed by atoms with Crippen LogP contribution in [0.15, 0.2) is 30.3 Å². The molecule has 100 valence electrons. The number of benzene rings is 1. The van der Waals surface area contributed by atoms with Crippen LogP contribution in [0.2, 0.25) is 0 Å². The number of hydrogen-bond acceptors (Lipinski definition) is 4. The zero-order chi connectivity index (χ0) is 13.8. The Balaban J connectivity index is 2.17. The van der Waals surface area contributed by atoms with Gasteiger partial charge in [-0.15, -0.1) is 0 Å². The van der Waals surface area contributed by atoms with Crippen LogP contribution in [0.5, 0.6) is 0 Å². The smallest absolute Gasteiger partial charge is 0.225 e. The molecule has 0 aliphatic carbocycles. The van der Waals surface area contributed by atoms with E-state index in [1.165, 1.54) is 11.1 Å². The van der Waals surface area contributed by atoms with Crippen LogP contribution >= 0.6 is 0 Å². The third kappa shape index (κ3) is 3.51. The van der Waals surface area contributed by atoms with Gasteiger partial charge in [-0.2, -0.15) is 0 Å². The molecule has 0 aliphatic heterocycles. The van der Waals surface area contributed by atoms with Gasteiger partial charge < -0.3 is 10.6 Å². The maximum atomic E-state index is 5.65. The minimum Gasteiger partial charge on any atom is -0.340 e. The van der Waals surface area contributed by atoms with Crippen LogP contribution < -0.4 is 10.6 Å². The Morgan fingerprint density at radius 3 is 2.42 bits per heavy atom. The minimum absolute atomic E-state index is 0.439. The molecule has 0 unspecified atom stereocenters. The minimum atomic E-state index is 0.439. The highest BCUT2D eigenvalue weighted by molar-refractivity contribution is 5.34. The highest BCUT2D eigenvalue weighted by atomic mass is 15.2. The number of hydrogen-bond donors (Lipinski definition) is 1. The highest BCUT2D eigenvalue weighted by Gasteiger charge is 2.07. The summed E-state index contributed by atoms with van der Waals surface area (Å²) in [6, 6.07) is 10.4. The molecule has 0 radical (unpaired) electrons. The van der Waals surface area contributed by atoms with Gasteiger partial charge in [-0.3, -0.25) is 0 Å². The first-order valence-electron chi connectivity index (χ1n) is 6.40. The number of nitrogens with two attached hydrogens (primary N) is 1. The van der Waals surface area contributed by atoms with Gasteiger partial charge in [0, 0.05) is 25.8 Å². The Labute approximate surface area is 114 Å². The van der Waals surface area contributed by atoms with Crippen molar-refractivity contribution in [2.75, 3.05) is 11.9 Å². The SMILES string of the molecule is Cc1ccc(CN(C)c2nc(C)cc(CN)n2)cc1. The molecule has 2 N–H and O–H groups in total. The van der Waals surface area contributed by atoms with Gasteiger partial charge in [-0.1, -0.05) is 29.8 Å². The topological polar surface area (TPSA) is 55.0 Å². The van der Waals surface area contributed by atoms with Crippen molar-refractivity contribution in [2.24, 2.45) is 5.73 Å². The lowest BCUT2D eigenvalue weighted by atomic mass is 10.1. The molecule has 2 rings (SSSR count). The number of aromatic nitrogens is 2. The summed E-state index contributed by atoms with van der Waals surface area (Å²) in [7, 11) is 1.99. The van der Waals surface area contributed by atoms with Gasteiger partial charge in [-0.25, -0.2) is 9.97 Å². The van der Waals surface area contributed by atoms with Crippen LogP contribution in [0.1, 0.15) is 22.5 Å². The predicted octanol–water partition coefficient (Wildman–Crippen LogP) is 2.19. The lowest BCUT2D eigenvalue weighted by Crippen LogP contribution is -2.20. The molecule has 1 aromatic heterocycles. The lowest BCUT2D eigenvalue weighted by molar-refractivity contribution is 0.836. The Bertz CT molecular complexity index is 549. The fraction of sp³-hybridized carbons (Fsp3) is 0.333. The molecule has 0 aliphatic rings. The van der Waals surface area contributed by atoms with Crippen molar-refractivity contribution >= 4 is 5.95 Å². The highest BCUT2D eigenvalue weighted by Crippen LogP contribution is 2.12. The van der Waals surface area contributed by atoms with E-state index in [1.54, 1.807) is 0 Å². The van der Waals surface area contributed by atoms with E-state index in [1.807, 2.05) is 24.9 Å². The molecule has 0 amide bonds. The summed E-state index contributed by atoms with van der Waals surface area (Å²) in [4.78, 5) is 10.9. The summed E-state index contributed by atoms with van der Waals surface area (Å²) in [5.74, 6) is 0.723. The Morgan fingerprint density at radius 1 is 1.11 bits per heavy atom. The van der Waals surface area contributed by atoms with E-state index < -0.39 is 0 Å². The van der Waals surface area contributed by atoms with Gasteiger partial charge in [0.25, 0.3) is 0 Å². The third-order valence-electron chi connectivity index (χ3n) is 2.99. The molecule has 1 aromatic carbocycles. The van der Waals surface area contributed by atoms with Crippen molar-refractivity contribution in [2.45, 2.75) is 26.9 Å². The first-order valence-corrected chi connectivity index (χ1v) is 6.40. The Hall–Kier alpha value is -1.94. The molecule has 2 aromatic rings. The second-order valence-corrected chi connectivity index (χ2v) is 4.85. The number of aryl methyl sites for hydroxylation is 2. The molecule has 0 atom stereocenters. The normalized spacial score (nSPS) is 10.5. The molecular formula is C15H20N4. The van der Waals surface area contributed by atoms with Crippen molar-refractivity contribution in [1.29, 1.82) is 0 Å². The maximum absolute atomic E-state index is 5.65. The van der Waals surface area contributed by atoms with Crippen LogP contribution in [0, 0.1) is 13.8 Å². The molecule has 0 bridgehead atoms. The molecule has 0 saturated carbocycles. The van der Waals surface area contributed by atoms with Gasteiger partial charge >= 0.3 is 0 Å². The average Bonchev–Trinajstić information content (AvgIpc) is 2.40. The molecule has 0 fully saturated rings. The van der Waals surface area contributed by atoms with Gasteiger partial charge in [0.1, 0.15) is 0 Å². The van der Waals surface area contributed by atoms with Crippen LogP contribution in [0.4, 0.5) is 5.95 Å². The summed E-state index contributed by atoms with van der Waals surface area (Å²) >= 11 is 0. The van der Waals surface area contributed by atoms with Gasteiger partial charge in [0.15, 0.2) is 0 Å². The average molecular weight is 256 g/mol. The van der Waals surface area contributed by atoms with Gasteiger partial charge in [-0.05, 0) is 25.5 Å². The van der Waals surface area contributed by atoms with Crippen molar-refractivity contribution in [3.8, 4) is 0 Å². The monoisotopic (exact) mass is 256 g/mol. The molecule has 1 heterocycles. The summed E-state index contributed by atoms with van der Waals surface area (Å²) in [6.07, 6.45) is 0. The number of anilines is 1. The Kier molecular flexibility index (Phi) is 4.12. The first-order chi connectivity index (χ1) is 9.08. The Morgan fingerprint density at radius 2 is 1.79 bits per heavy atom. The van der Waals surface area contributed by atoms with E-state index in [4.69, 9.17) is 5.73 Å².